The van der Waals surface area contributed by atoms with Crippen LogP contribution in [0.2, 0.25) is 5.02 Å². The summed E-state index contributed by atoms with van der Waals surface area (Å²) >= 11 is 6.20. The van der Waals surface area contributed by atoms with Crippen molar-refractivity contribution in [3.05, 3.63) is 28.8 Å². The molecule has 100 valence electrons. The molecule has 1 fully saturated rings. The lowest BCUT2D eigenvalue weighted by atomic mass is 10.1. The molecule has 0 bridgehead atoms. The Bertz CT molecular complexity index is 411. The summed E-state index contributed by atoms with van der Waals surface area (Å²) < 4.78 is 5.66. The second-order valence-electron chi connectivity index (χ2n) is 5.47. The first-order valence-corrected chi connectivity index (χ1v) is 6.69. The molecule has 3 nitrogen and oxygen atoms in total. The van der Waals surface area contributed by atoms with E-state index in [1.807, 2.05) is 18.2 Å². The van der Waals surface area contributed by atoms with E-state index >= 15 is 0 Å². The lowest BCUT2D eigenvalue weighted by Gasteiger charge is -2.20. The number of hydrogen-bond acceptors (Lipinski definition) is 3. The van der Waals surface area contributed by atoms with Crippen LogP contribution in [0.5, 0.6) is 5.75 Å². The summed E-state index contributed by atoms with van der Waals surface area (Å²) in [6, 6.07) is 6.25. The Balaban J connectivity index is 2.04. The molecule has 0 aromatic heterocycles. The molecular weight excluding hydrogens is 250 g/mol. The van der Waals surface area contributed by atoms with E-state index in [2.05, 4.69) is 5.32 Å². The molecule has 0 amide bonds. The molecule has 18 heavy (non-hydrogen) atoms. The van der Waals surface area contributed by atoms with Crippen LogP contribution in [-0.4, -0.2) is 23.4 Å². The molecule has 1 aromatic carbocycles. The van der Waals surface area contributed by atoms with Gasteiger partial charge >= 0.3 is 0 Å². The zero-order valence-electron chi connectivity index (χ0n) is 10.9. The minimum atomic E-state index is -0.844. The van der Waals surface area contributed by atoms with Gasteiger partial charge in [-0.3, -0.25) is 0 Å². The van der Waals surface area contributed by atoms with Crippen LogP contribution in [-0.2, 0) is 6.54 Å². The summed E-state index contributed by atoms with van der Waals surface area (Å²) in [4.78, 5) is 0. The SMILES string of the molecule is CC(C)(O)COc1cccc(Cl)c1CNC1CC1. The molecule has 0 heterocycles. The molecule has 4 heteroatoms. The van der Waals surface area contributed by atoms with Crippen LogP contribution < -0.4 is 10.1 Å². The van der Waals surface area contributed by atoms with Gasteiger partial charge in [0.15, 0.2) is 0 Å². The average Bonchev–Trinajstić information content (AvgIpc) is 3.08. The third-order valence-corrected chi connectivity index (χ3v) is 3.16. The van der Waals surface area contributed by atoms with Crippen LogP contribution in [0, 0.1) is 0 Å². The second kappa shape index (κ2) is 5.47. The van der Waals surface area contributed by atoms with Gasteiger partial charge in [-0.2, -0.15) is 0 Å². The van der Waals surface area contributed by atoms with Crippen LogP contribution >= 0.6 is 11.6 Å². The first-order valence-electron chi connectivity index (χ1n) is 6.32. The van der Waals surface area contributed by atoms with E-state index in [1.165, 1.54) is 12.8 Å². The Morgan fingerprint density at radius 1 is 1.44 bits per heavy atom. The molecule has 1 saturated carbocycles. The van der Waals surface area contributed by atoms with Crippen LogP contribution in [0.15, 0.2) is 18.2 Å². The normalized spacial score (nSPS) is 15.8. The topological polar surface area (TPSA) is 41.5 Å². The summed E-state index contributed by atoms with van der Waals surface area (Å²) in [5.74, 6) is 0.748. The summed E-state index contributed by atoms with van der Waals surface area (Å²) in [5, 5.41) is 13.8. The molecule has 0 saturated heterocycles. The highest BCUT2D eigenvalue weighted by atomic mass is 35.5. The van der Waals surface area contributed by atoms with E-state index in [0.29, 0.717) is 17.6 Å². The van der Waals surface area contributed by atoms with Crippen molar-refractivity contribution in [2.75, 3.05) is 6.61 Å². The Morgan fingerprint density at radius 2 is 2.17 bits per heavy atom. The highest BCUT2D eigenvalue weighted by molar-refractivity contribution is 6.31. The summed E-state index contributed by atoms with van der Waals surface area (Å²) in [5.41, 5.74) is 0.124. The van der Waals surface area contributed by atoms with Crippen molar-refractivity contribution in [3.63, 3.8) is 0 Å². The molecule has 1 aliphatic carbocycles. The molecule has 2 rings (SSSR count). The summed E-state index contributed by atoms with van der Waals surface area (Å²) in [7, 11) is 0. The van der Waals surface area contributed by atoms with E-state index in [1.54, 1.807) is 13.8 Å². The lowest BCUT2D eigenvalue weighted by molar-refractivity contribution is 0.0281. The minimum absolute atomic E-state index is 0.254. The first kappa shape index (κ1) is 13.7. The van der Waals surface area contributed by atoms with Gasteiger partial charge in [0.2, 0.25) is 0 Å². The predicted molar refractivity (Wildman–Crippen MR) is 73.1 cm³/mol. The number of hydrogen-bond donors (Lipinski definition) is 2. The van der Waals surface area contributed by atoms with Crippen LogP contribution in [0.25, 0.3) is 0 Å². The van der Waals surface area contributed by atoms with Gasteiger partial charge in [-0.05, 0) is 38.8 Å². The molecule has 0 aliphatic heterocycles. The zero-order chi connectivity index (χ0) is 13.2. The lowest BCUT2D eigenvalue weighted by Crippen LogP contribution is -2.28. The van der Waals surface area contributed by atoms with Crippen LogP contribution in [0.1, 0.15) is 32.3 Å². The van der Waals surface area contributed by atoms with Crippen LogP contribution in [0.4, 0.5) is 0 Å². The zero-order valence-corrected chi connectivity index (χ0v) is 11.6. The fourth-order valence-corrected chi connectivity index (χ4v) is 1.87. The Hall–Kier alpha value is -0.770. The van der Waals surface area contributed by atoms with Gasteiger partial charge in [-0.1, -0.05) is 17.7 Å². The van der Waals surface area contributed by atoms with E-state index < -0.39 is 5.60 Å². The predicted octanol–water partition coefficient (Wildman–Crippen LogP) is 2.74. The minimum Gasteiger partial charge on any atom is -0.490 e. The van der Waals surface area contributed by atoms with E-state index in [4.69, 9.17) is 16.3 Å². The largest absolute Gasteiger partial charge is 0.490 e. The Kier molecular flexibility index (Phi) is 4.15. The number of halogens is 1. The number of aliphatic hydroxyl groups is 1. The maximum Gasteiger partial charge on any atom is 0.125 e. The average molecular weight is 270 g/mol. The summed E-state index contributed by atoms with van der Waals surface area (Å²) in [6.45, 7) is 4.41. The molecule has 1 aromatic rings. The van der Waals surface area contributed by atoms with Crippen molar-refractivity contribution in [3.8, 4) is 5.75 Å². The molecule has 0 spiro atoms. The maximum atomic E-state index is 9.69. The van der Waals surface area contributed by atoms with Crippen molar-refractivity contribution >= 4 is 11.6 Å². The highest BCUT2D eigenvalue weighted by Crippen LogP contribution is 2.28. The highest BCUT2D eigenvalue weighted by Gasteiger charge is 2.22. The Labute approximate surface area is 113 Å². The maximum absolute atomic E-state index is 9.69. The molecular formula is C14H20ClNO2. The second-order valence-corrected chi connectivity index (χ2v) is 5.88. The molecule has 0 atom stereocenters. The molecule has 1 aliphatic rings. The van der Waals surface area contributed by atoms with E-state index in [-0.39, 0.29) is 6.61 Å². The molecule has 2 N–H and O–H groups in total. The van der Waals surface area contributed by atoms with Gasteiger partial charge in [0.05, 0.1) is 5.60 Å². The van der Waals surface area contributed by atoms with Gasteiger partial charge in [-0.15, -0.1) is 0 Å². The first-order chi connectivity index (χ1) is 8.46. The van der Waals surface area contributed by atoms with Crippen molar-refractivity contribution in [1.29, 1.82) is 0 Å². The standard InChI is InChI=1S/C14H20ClNO2/c1-14(2,17)9-18-13-5-3-4-12(15)11(13)8-16-10-6-7-10/h3-5,10,16-17H,6-9H2,1-2H3. The number of nitrogens with one attached hydrogen (secondary N) is 1. The number of ether oxygens (including phenoxy) is 1. The van der Waals surface area contributed by atoms with Crippen molar-refractivity contribution in [2.45, 2.75) is 44.9 Å². The summed E-state index contributed by atoms with van der Waals surface area (Å²) in [6.07, 6.45) is 2.48. The van der Waals surface area contributed by atoms with Gasteiger partial charge in [0.1, 0.15) is 12.4 Å². The van der Waals surface area contributed by atoms with Gasteiger partial charge < -0.3 is 15.2 Å². The monoisotopic (exact) mass is 269 g/mol. The van der Waals surface area contributed by atoms with Crippen molar-refractivity contribution in [1.82, 2.24) is 5.32 Å². The van der Waals surface area contributed by atoms with Gasteiger partial charge in [0.25, 0.3) is 0 Å². The third-order valence-electron chi connectivity index (χ3n) is 2.80. The van der Waals surface area contributed by atoms with Crippen molar-refractivity contribution in [2.24, 2.45) is 0 Å². The molecule has 0 radical (unpaired) electrons. The van der Waals surface area contributed by atoms with Crippen molar-refractivity contribution < 1.29 is 9.84 Å². The smallest absolute Gasteiger partial charge is 0.125 e. The van der Waals surface area contributed by atoms with E-state index in [0.717, 1.165) is 11.3 Å². The third kappa shape index (κ3) is 4.16. The van der Waals surface area contributed by atoms with Gasteiger partial charge in [-0.25, -0.2) is 0 Å². The van der Waals surface area contributed by atoms with E-state index in [9.17, 15) is 5.11 Å². The van der Waals surface area contributed by atoms with Gasteiger partial charge in [0, 0.05) is 23.2 Å². The quantitative estimate of drug-likeness (QED) is 0.834. The fraction of sp³-hybridized carbons (Fsp3) is 0.571. The number of benzene rings is 1. The van der Waals surface area contributed by atoms with Crippen LogP contribution in [0.3, 0.4) is 0 Å². The number of rotatable bonds is 6. The Morgan fingerprint density at radius 3 is 2.78 bits per heavy atom. The molecule has 0 unspecified atom stereocenters. The fourth-order valence-electron chi connectivity index (χ4n) is 1.63.